The lowest BCUT2D eigenvalue weighted by Gasteiger charge is -2.28. The molecule has 4 aromatic rings. The maximum atomic E-state index is 11.7. The van der Waals surface area contributed by atoms with Gasteiger partial charge in [-0.05, 0) is 68.3 Å². The molecule has 0 fully saturated rings. The van der Waals surface area contributed by atoms with E-state index < -0.39 is 150 Å². The van der Waals surface area contributed by atoms with Gasteiger partial charge in [-0.15, -0.1) is 0 Å². The van der Waals surface area contributed by atoms with Crippen LogP contribution in [-0.4, -0.2) is 334 Å². The van der Waals surface area contributed by atoms with Crippen LogP contribution in [0.4, 0.5) is 0 Å². The highest BCUT2D eigenvalue weighted by molar-refractivity contribution is 5.82. The van der Waals surface area contributed by atoms with Crippen LogP contribution in [0.15, 0.2) is 91.0 Å². The standard InChI is InChI=1S/C63H81N9O24/c73-52(74)31-67(32-53(75)76)19-13-64(14-20-68(33-54(77)78)34-55(79)80)28-43-1-7-46(8-2-43)49-25-50(47-9-3-44(4-10-47)29-65(15-21-69(35-56(81)82)36-57(83)84)16-22-70(37-58(85)86)38-59(87)88)27-51(26-49)48-11-5-45(6-12-48)30-66(17-23-71(39-60(89)90)40-61(91)92)18-24-72(41-62(93)94)42-63(95)96/h1-12,25-27H,13-24,28-42H2,(H,73,74)(H,75,76)(H,77,78)(H,79,80)(H,81,82)(H,83,84)(H,85,86)(H,87,88)(H,89,90)(H,91,92)(H,93,94)(H,95,96). The molecule has 12 N–H and O–H groups in total. The fourth-order valence-electron chi connectivity index (χ4n) is 10.4. The maximum Gasteiger partial charge on any atom is 0.317 e. The minimum atomic E-state index is -1.26. The summed E-state index contributed by atoms with van der Waals surface area (Å²) < 4.78 is 0. The number of aliphatic carboxylic acids is 12. The molecule has 0 bridgehead atoms. The van der Waals surface area contributed by atoms with Crippen LogP contribution in [0.5, 0.6) is 0 Å². The van der Waals surface area contributed by atoms with Crippen molar-refractivity contribution >= 4 is 71.6 Å². The van der Waals surface area contributed by atoms with Gasteiger partial charge in [-0.2, -0.15) is 0 Å². The van der Waals surface area contributed by atoms with Gasteiger partial charge in [0.25, 0.3) is 0 Å². The number of carbonyl (C=O) groups is 12. The number of nitrogens with zero attached hydrogens (tertiary/aromatic N) is 9. The van der Waals surface area contributed by atoms with Crippen molar-refractivity contribution in [3.05, 3.63) is 108 Å². The highest BCUT2D eigenvalue weighted by Crippen LogP contribution is 2.34. The van der Waals surface area contributed by atoms with E-state index in [-0.39, 0.29) is 98.2 Å². The third-order valence-corrected chi connectivity index (χ3v) is 14.7. The lowest BCUT2D eigenvalue weighted by Crippen LogP contribution is -2.44. The minimum absolute atomic E-state index is 0.0314. The van der Waals surface area contributed by atoms with Gasteiger partial charge in [-0.25, -0.2) is 0 Å². The summed E-state index contributed by atoms with van der Waals surface area (Å²) in [5.74, 6) is -15.2. The van der Waals surface area contributed by atoms with Gasteiger partial charge in [0.05, 0.1) is 78.5 Å². The SMILES string of the molecule is O=C(O)CN(CCN(CCN(CC(=O)O)CC(=O)O)Cc1ccc(-c2cc(-c3ccc(CN(CCN(CC(=O)O)CC(=O)O)CCN(CC(=O)O)CC(=O)O)cc3)cc(-c3ccc(CN(CCN(CC(=O)O)CC(=O)O)CCN(CC(=O)O)CC(=O)O)cc3)c2)cc1)CC(=O)O. The Balaban J connectivity index is 1.81. The van der Waals surface area contributed by atoms with E-state index in [0.29, 0.717) is 16.7 Å². The largest absolute Gasteiger partial charge is 0.480 e. The summed E-state index contributed by atoms with van der Waals surface area (Å²) >= 11 is 0. The molecule has 0 unspecified atom stereocenters. The summed E-state index contributed by atoms with van der Waals surface area (Å²) in [6.07, 6.45) is 0. The second-order valence-electron chi connectivity index (χ2n) is 22.7. The Morgan fingerprint density at radius 2 is 0.312 bits per heavy atom. The van der Waals surface area contributed by atoms with Gasteiger partial charge in [-0.1, -0.05) is 72.8 Å². The molecule has 33 heteroatoms. The quantitative estimate of drug-likeness (QED) is 0.0275. The average Bonchev–Trinajstić information content (AvgIpc) is 0.816. The molecule has 0 atom stereocenters. The molecule has 33 nitrogen and oxygen atoms in total. The zero-order chi connectivity index (χ0) is 71.0. The lowest BCUT2D eigenvalue weighted by atomic mass is 9.92. The van der Waals surface area contributed by atoms with Crippen molar-refractivity contribution in [3.8, 4) is 33.4 Å². The maximum absolute atomic E-state index is 11.7. The molecule has 0 radical (unpaired) electrons. The molecule has 0 aliphatic carbocycles. The summed E-state index contributed by atoms with van der Waals surface area (Å²) in [5.41, 5.74) is 6.45. The smallest absolute Gasteiger partial charge is 0.317 e. The Morgan fingerprint density at radius 1 is 0.188 bits per heavy atom. The summed E-state index contributed by atoms with van der Waals surface area (Å²) in [7, 11) is 0. The molecule has 0 heterocycles. The van der Waals surface area contributed by atoms with Crippen molar-refractivity contribution in [2.45, 2.75) is 19.6 Å². The molecule has 0 amide bonds. The molecule has 0 saturated carbocycles. The second-order valence-corrected chi connectivity index (χ2v) is 22.7. The van der Waals surface area contributed by atoms with Crippen LogP contribution in [-0.2, 0) is 77.2 Å². The minimum Gasteiger partial charge on any atom is -0.480 e. The van der Waals surface area contributed by atoms with Crippen LogP contribution < -0.4 is 0 Å². The van der Waals surface area contributed by atoms with Gasteiger partial charge in [-0.3, -0.25) is 102 Å². The summed E-state index contributed by atoms with van der Waals surface area (Å²) in [6.45, 7) is -6.10. The Morgan fingerprint density at radius 3 is 0.438 bits per heavy atom. The summed E-state index contributed by atoms with van der Waals surface area (Å²) in [4.78, 5) is 153. The van der Waals surface area contributed by atoms with Crippen LogP contribution in [0, 0.1) is 0 Å². The summed E-state index contributed by atoms with van der Waals surface area (Å²) in [6, 6.07) is 27.8. The van der Waals surface area contributed by atoms with E-state index in [9.17, 15) is 119 Å². The van der Waals surface area contributed by atoms with E-state index in [1.165, 1.54) is 29.4 Å². The first-order valence-corrected chi connectivity index (χ1v) is 29.9. The molecule has 0 aliphatic heterocycles. The van der Waals surface area contributed by atoms with Crippen LogP contribution in [0.3, 0.4) is 0 Å². The van der Waals surface area contributed by atoms with E-state index in [4.69, 9.17) is 0 Å². The first kappa shape index (κ1) is 78.6. The molecule has 522 valence electrons. The zero-order valence-corrected chi connectivity index (χ0v) is 52.5. The fraction of sp³-hybridized carbons (Fsp3) is 0.429. The predicted molar refractivity (Wildman–Crippen MR) is 339 cm³/mol. The monoisotopic (exact) mass is 1350 g/mol. The molecule has 96 heavy (non-hydrogen) atoms. The molecular formula is C63H81N9O24. The van der Waals surface area contributed by atoms with Crippen LogP contribution in [0.1, 0.15) is 16.7 Å². The Kier molecular flexibility index (Phi) is 33.1. The molecule has 0 aliphatic rings. The number of carboxylic acid groups (broad SMARTS) is 12. The van der Waals surface area contributed by atoms with Gasteiger partial charge >= 0.3 is 71.6 Å². The van der Waals surface area contributed by atoms with E-state index >= 15 is 0 Å². The van der Waals surface area contributed by atoms with Crippen molar-refractivity contribution in [2.24, 2.45) is 0 Å². The molecule has 0 saturated heterocycles. The Bertz CT molecular complexity index is 2730. The molecular weight excluding hydrogens is 1270 g/mol. The van der Waals surface area contributed by atoms with Gasteiger partial charge < -0.3 is 61.3 Å². The predicted octanol–water partition coefficient (Wildman–Crippen LogP) is -0.0792. The number of benzene rings is 4. The number of hydrogen-bond acceptors (Lipinski definition) is 21. The van der Waals surface area contributed by atoms with Crippen LogP contribution in [0.2, 0.25) is 0 Å². The van der Waals surface area contributed by atoms with Gasteiger partial charge in [0, 0.05) is 98.2 Å². The Labute approximate surface area is 550 Å². The number of hydrogen-bond donors (Lipinski definition) is 12. The second kappa shape index (κ2) is 40.4. The van der Waals surface area contributed by atoms with E-state index in [2.05, 4.69) is 0 Å². The zero-order valence-electron chi connectivity index (χ0n) is 52.5. The van der Waals surface area contributed by atoms with Crippen LogP contribution in [0.25, 0.3) is 33.4 Å². The number of carboxylic acids is 12. The van der Waals surface area contributed by atoms with Crippen molar-refractivity contribution < 1.29 is 119 Å². The summed E-state index contributed by atoms with van der Waals surface area (Å²) in [5, 5.41) is 114. The third kappa shape index (κ3) is 32.3. The van der Waals surface area contributed by atoms with Crippen LogP contribution >= 0.6 is 0 Å². The highest BCUT2D eigenvalue weighted by atomic mass is 16.4. The van der Waals surface area contributed by atoms with E-state index in [1.807, 2.05) is 106 Å². The van der Waals surface area contributed by atoms with Crippen molar-refractivity contribution in [1.82, 2.24) is 44.1 Å². The molecule has 0 aromatic heterocycles. The first-order chi connectivity index (χ1) is 45.4. The Hall–Kier alpha value is -9.84. The molecule has 4 aromatic carbocycles. The highest BCUT2D eigenvalue weighted by Gasteiger charge is 2.23. The van der Waals surface area contributed by atoms with Gasteiger partial charge in [0.15, 0.2) is 0 Å². The van der Waals surface area contributed by atoms with Crippen molar-refractivity contribution in [1.29, 1.82) is 0 Å². The van der Waals surface area contributed by atoms with E-state index in [1.54, 1.807) is 0 Å². The van der Waals surface area contributed by atoms with Gasteiger partial charge in [0.2, 0.25) is 0 Å². The third-order valence-electron chi connectivity index (χ3n) is 14.7. The fourth-order valence-corrected chi connectivity index (χ4v) is 10.4. The van der Waals surface area contributed by atoms with Gasteiger partial charge in [0.1, 0.15) is 0 Å². The van der Waals surface area contributed by atoms with E-state index in [0.717, 1.165) is 33.4 Å². The molecule has 4 rings (SSSR count). The van der Waals surface area contributed by atoms with Crippen molar-refractivity contribution in [2.75, 3.05) is 157 Å². The average molecular weight is 1350 g/mol. The first-order valence-electron chi connectivity index (χ1n) is 29.9. The lowest BCUT2D eigenvalue weighted by molar-refractivity contribution is -0.144. The number of rotatable bonds is 51. The molecule has 0 spiro atoms. The topological polar surface area (TPSA) is 477 Å². The normalized spacial score (nSPS) is 11.6. The van der Waals surface area contributed by atoms with Crippen molar-refractivity contribution in [3.63, 3.8) is 0 Å².